The van der Waals surface area contributed by atoms with E-state index in [-0.39, 0.29) is 6.42 Å². The summed E-state index contributed by atoms with van der Waals surface area (Å²) in [4.78, 5) is 41.9. The van der Waals surface area contributed by atoms with Gasteiger partial charge < -0.3 is 14.8 Å². The number of carbonyl (C=O) groups excluding carboxylic acids is 3. The minimum Gasteiger partial charge on any atom is -0.460 e. The largest absolute Gasteiger partial charge is 0.460 e. The van der Waals surface area contributed by atoms with E-state index < -0.39 is 46.1 Å². The van der Waals surface area contributed by atoms with Crippen molar-refractivity contribution in [1.82, 2.24) is 20.7 Å². The van der Waals surface area contributed by atoms with E-state index in [2.05, 4.69) is 15.7 Å². The molecule has 0 saturated carbocycles. The van der Waals surface area contributed by atoms with Crippen LogP contribution in [-0.2, 0) is 25.5 Å². The number of halogens is 3. The fraction of sp³-hybridized carbons (Fsp3) is 0.667. The summed E-state index contributed by atoms with van der Waals surface area (Å²) in [5.74, 6) is -1.07. The average Bonchev–Trinajstić information content (AvgIpc) is 3.16. The zero-order valence-corrected chi connectivity index (χ0v) is 20.4. The molecule has 1 aromatic rings. The van der Waals surface area contributed by atoms with Gasteiger partial charge in [-0.25, -0.2) is 15.2 Å². The van der Waals surface area contributed by atoms with E-state index in [0.29, 0.717) is 25.1 Å². The number of amides is 2. The molecule has 2 N–H and O–H groups in total. The lowest BCUT2D eigenvalue weighted by Crippen LogP contribution is -2.60. The van der Waals surface area contributed by atoms with Crippen LogP contribution in [0.4, 0.5) is 4.79 Å². The number of ether oxygens (including phenoxy) is 2. The number of carbonyl (C=O) groups is 3. The monoisotopic (exact) mass is 514 g/mol. The zero-order chi connectivity index (χ0) is 23.2. The molecule has 0 bridgehead atoms. The van der Waals surface area contributed by atoms with Crippen molar-refractivity contribution in [3.63, 3.8) is 0 Å². The molecule has 1 aliphatic heterocycles. The first-order valence-corrected chi connectivity index (χ1v) is 11.6. The molecule has 2 atom stereocenters. The Hall–Kier alpha value is -1.33. The van der Waals surface area contributed by atoms with Crippen molar-refractivity contribution in [2.45, 2.75) is 61.5 Å². The number of hydrogen-bond donors (Lipinski definition) is 2. The van der Waals surface area contributed by atoms with E-state index in [0.717, 1.165) is 0 Å². The molecule has 0 spiro atoms. The van der Waals surface area contributed by atoms with Crippen LogP contribution in [0.3, 0.4) is 0 Å². The van der Waals surface area contributed by atoms with Gasteiger partial charge in [-0.15, -0.1) is 11.3 Å². The highest BCUT2D eigenvalue weighted by Gasteiger charge is 2.35. The number of alkyl halides is 3. The number of alkyl carbamates (subject to hydrolysis) is 1. The first kappa shape index (κ1) is 25.9. The van der Waals surface area contributed by atoms with E-state index in [1.54, 1.807) is 31.7 Å². The Morgan fingerprint density at radius 1 is 1.35 bits per heavy atom. The minimum atomic E-state index is -1.73. The van der Waals surface area contributed by atoms with Gasteiger partial charge in [0.15, 0.2) is 0 Å². The Kier molecular flexibility index (Phi) is 9.20. The summed E-state index contributed by atoms with van der Waals surface area (Å²) >= 11 is 18.2. The molecule has 0 aromatic carbocycles. The number of rotatable bonds is 6. The maximum absolute atomic E-state index is 13.2. The molecule has 1 fully saturated rings. The lowest BCUT2D eigenvalue weighted by atomic mass is 10.1. The maximum Gasteiger partial charge on any atom is 0.408 e. The molecule has 1 aliphatic rings. The van der Waals surface area contributed by atoms with Gasteiger partial charge in [0.05, 0.1) is 11.2 Å². The van der Waals surface area contributed by atoms with Crippen LogP contribution in [0.5, 0.6) is 0 Å². The highest BCUT2D eigenvalue weighted by atomic mass is 35.6. The van der Waals surface area contributed by atoms with Crippen molar-refractivity contribution < 1.29 is 23.9 Å². The fourth-order valence-corrected chi connectivity index (χ4v) is 3.49. The van der Waals surface area contributed by atoms with Crippen LogP contribution in [0.25, 0.3) is 0 Å². The highest BCUT2D eigenvalue weighted by Crippen LogP contribution is 2.26. The molecule has 0 unspecified atom stereocenters. The van der Waals surface area contributed by atoms with Gasteiger partial charge in [0.25, 0.3) is 5.91 Å². The number of nitrogens with zero attached hydrogens (tertiary/aromatic N) is 2. The van der Waals surface area contributed by atoms with Crippen molar-refractivity contribution in [3.05, 3.63) is 16.6 Å². The number of nitrogens with one attached hydrogen (secondary N) is 2. The first-order chi connectivity index (χ1) is 14.3. The Bertz CT molecular complexity index is 767. The third-order valence-electron chi connectivity index (χ3n) is 4.00. The summed E-state index contributed by atoms with van der Waals surface area (Å²) in [6, 6.07) is -1.73. The van der Waals surface area contributed by atoms with Crippen LogP contribution in [0.1, 0.15) is 39.3 Å². The Morgan fingerprint density at radius 3 is 2.65 bits per heavy atom. The molecule has 1 saturated heterocycles. The van der Waals surface area contributed by atoms with Crippen LogP contribution >= 0.6 is 46.1 Å². The van der Waals surface area contributed by atoms with E-state index in [1.807, 2.05) is 0 Å². The zero-order valence-electron chi connectivity index (χ0n) is 17.3. The third-order valence-corrected chi connectivity index (χ3v) is 4.96. The topological polar surface area (TPSA) is 110 Å². The third kappa shape index (κ3) is 9.36. The summed E-state index contributed by atoms with van der Waals surface area (Å²) in [5.41, 5.74) is 4.40. The second-order valence-electron chi connectivity index (χ2n) is 7.92. The fourth-order valence-electron chi connectivity index (χ4n) is 2.75. The van der Waals surface area contributed by atoms with Crippen LogP contribution < -0.4 is 10.7 Å². The standard InChI is InChI=1S/C18H25Cl3N4O5S/c1-17(2,3)30-16(28)23-13(7-11-8-31-10-22-11)14(26)25-6-4-5-12(24-25)15(27)29-9-18(19,20)21/h8,10,12-13,24H,4-7,9H2,1-3H3,(H,23,28)/t12-,13-/m0/s1. The molecule has 13 heteroatoms. The summed E-state index contributed by atoms with van der Waals surface area (Å²) < 4.78 is 8.56. The van der Waals surface area contributed by atoms with Crippen molar-refractivity contribution >= 4 is 64.1 Å². The Balaban J connectivity index is 2.06. The number of esters is 1. The second kappa shape index (κ2) is 11.0. The molecule has 9 nitrogen and oxygen atoms in total. The minimum absolute atomic E-state index is 0.169. The Morgan fingerprint density at radius 2 is 2.06 bits per heavy atom. The van der Waals surface area contributed by atoms with Crippen LogP contribution in [-0.4, -0.2) is 62.6 Å². The number of hydrogen-bond acceptors (Lipinski definition) is 8. The van der Waals surface area contributed by atoms with E-state index in [4.69, 9.17) is 44.3 Å². The number of thiazole rings is 1. The quantitative estimate of drug-likeness (QED) is 0.443. The molecule has 0 aliphatic carbocycles. The molecule has 2 amide bonds. The summed E-state index contributed by atoms with van der Waals surface area (Å²) in [6.45, 7) is 5.11. The van der Waals surface area contributed by atoms with Crippen molar-refractivity contribution in [3.8, 4) is 0 Å². The SMILES string of the molecule is CC(C)(C)OC(=O)N[C@@H](Cc1cscn1)C(=O)N1CCC[C@@H](C(=O)OCC(Cl)(Cl)Cl)N1. The molecule has 174 valence electrons. The smallest absolute Gasteiger partial charge is 0.408 e. The van der Waals surface area contributed by atoms with Crippen molar-refractivity contribution in [2.24, 2.45) is 0 Å². The van der Waals surface area contributed by atoms with E-state index >= 15 is 0 Å². The van der Waals surface area contributed by atoms with Gasteiger partial charge in [-0.1, -0.05) is 34.8 Å². The Labute approximate surface area is 199 Å². The van der Waals surface area contributed by atoms with Gasteiger partial charge in [0.1, 0.15) is 24.3 Å². The molecule has 2 rings (SSSR count). The number of hydrazine groups is 1. The molecule has 0 radical (unpaired) electrons. The summed E-state index contributed by atoms with van der Waals surface area (Å²) in [5, 5.41) is 5.68. The highest BCUT2D eigenvalue weighted by molar-refractivity contribution is 7.07. The van der Waals surface area contributed by atoms with Gasteiger partial charge in [0, 0.05) is 18.3 Å². The summed E-state index contributed by atoms with van der Waals surface area (Å²) in [7, 11) is 0. The molecule has 31 heavy (non-hydrogen) atoms. The molecular formula is C18H25Cl3N4O5S. The molecular weight excluding hydrogens is 491 g/mol. The molecule has 1 aromatic heterocycles. The normalized spacial score (nSPS) is 18.3. The lowest BCUT2D eigenvalue weighted by Gasteiger charge is -2.35. The van der Waals surface area contributed by atoms with E-state index in [9.17, 15) is 14.4 Å². The average molecular weight is 516 g/mol. The van der Waals surface area contributed by atoms with Gasteiger partial charge in [-0.2, -0.15) is 0 Å². The van der Waals surface area contributed by atoms with Crippen LogP contribution in [0.15, 0.2) is 10.9 Å². The van der Waals surface area contributed by atoms with Gasteiger partial charge in [-0.3, -0.25) is 14.6 Å². The van der Waals surface area contributed by atoms with Gasteiger partial charge >= 0.3 is 12.1 Å². The number of aromatic nitrogens is 1. The van der Waals surface area contributed by atoms with Crippen molar-refractivity contribution in [2.75, 3.05) is 13.2 Å². The van der Waals surface area contributed by atoms with Crippen molar-refractivity contribution in [1.29, 1.82) is 0 Å². The molecule has 2 heterocycles. The predicted molar refractivity (Wildman–Crippen MR) is 118 cm³/mol. The van der Waals surface area contributed by atoms with Crippen LogP contribution in [0, 0.1) is 0 Å². The second-order valence-corrected chi connectivity index (χ2v) is 11.2. The van der Waals surface area contributed by atoms with E-state index in [1.165, 1.54) is 16.3 Å². The first-order valence-electron chi connectivity index (χ1n) is 9.51. The predicted octanol–water partition coefficient (Wildman–Crippen LogP) is 2.99. The van der Waals surface area contributed by atoms with Gasteiger partial charge in [0.2, 0.25) is 3.79 Å². The van der Waals surface area contributed by atoms with Crippen LogP contribution in [0.2, 0.25) is 0 Å². The lowest BCUT2D eigenvalue weighted by molar-refractivity contribution is -0.152. The maximum atomic E-state index is 13.2. The van der Waals surface area contributed by atoms with Gasteiger partial charge in [-0.05, 0) is 33.6 Å². The summed E-state index contributed by atoms with van der Waals surface area (Å²) in [6.07, 6.45) is 0.430.